The topological polar surface area (TPSA) is 89.2 Å². The summed E-state index contributed by atoms with van der Waals surface area (Å²) < 4.78 is 7.28. The van der Waals surface area contributed by atoms with Crippen LogP contribution < -0.4 is 5.73 Å². The first-order chi connectivity index (χ1) is 10.2. The Morgan fingerprint density at radius 2 is 2.24 bits per heavy atom. The lowest BCUT2D eigenvalue weighted by atomic mass is 10.2. The van der Waals surface area contributed by atoms with Gasteiger partial charge >= 0.3 is 0 Å². The standard InChI is InChI=1S/C13H21N7O/c1-18-5-6-19(2)11(8-18)12-16-13(21-17-12)10-7-20(4-3-14)9-15-10/h7,9,11H,3-6,8,14H2,1-2H3. The van der Waals surface area contributed by atoms with Crippen molar-refractivity contribution in [1.29, 1.82) is 0 Å². The van der Waals surface area contributed by atoms with Crippen LogP contribution in [0.2, 0.25) is 0 Å². The first-order valence-electron chi connectivity index (χ1n) is 7.12. The van der Waals surface area contributed by atoms with Crippen molar-refractivity contribution in [2.75, 3.05) is 40.3 Å². The molecular formula is C13H21N7O. The minimum atomic E-state index is 0.160. The Labute approximate surface area is 123 Å². The maximum atomic E-state index is 5.53. The Kier molecular flexibility index (Phi) is 4.00. The second-order valence-electron chi connectivity index (χ2n) is 5.50. The van der Waals surface area contributed by atoms with E-state index in [0.717, 1.165) is 26.2 Å². The van der Waals surface area contributed by atoms with Gasteiger partial charge in [-0.2, -0.15) is 4.98 Å². The summed E-state index contributed by atoms with van der Waals surface area (Å²) in [6.45, 7) is 4.25. The lowest BCUT2D eigenvalue weighted by Gasteiger charge is -2.35. The van der Waals surface area contributed by atoms with Crippen LogP contribution in [-0.2, 0) is 6.54 Å². The maximum absolute atomic E-state index is 5.53. The smallest absolute Gasteiger partial charge is 0.278 e. The Bertz CT molecular complexity index is 593. The van der Waals surface area contributed by atoms with Gasteiger partial charge in [-0.3, -0.25) is 4.90 Å². The summed E-state index contributed by atoms with van der Waals surface area (Å²) in [7, 11) is 4.19. The molecule has 0 aliphatic carbocycles. The fraction of sp³-hybridized carbons (Fsp3) is 0.615. The SMILES string of the molecule is CN1CCN(C)C(c2noc(-c3cn(CCN)cn3)n2)C1. The normalized spacial score (nSPS) is 21.0. The molecule has 1 aliphatic heterocycles. The van der Waals surface area contributed by atoms with Gasteiger partial charge in [-0.1, -0.05) is 5.16 Å². The molecule has 8 heteroatoms. The van der Waals surface area contributed by atoms with Crippen LogP contribution in [0.4, 0.5) is 0 Å². The number of imidazole rings is 1. The number of hydrogen-bond donors (Lipinski definition) is 1. The molecule has 1 fully saturated rings. The number of nitrogens with zero attached hydrogens (tertiary/aromatic N) is 6. The van der Waals surface area contributed by atoms with Gasteiger partial charge in [0.15, 0.2) is 5.82 Å². The molecule has 21 heavy (non-hydrogen) atoms. The predicted octanol–water partition coefficient (Wildman–Crippen LogP) is -0.190. The highest BCUT2D eigenvalue weighted by molar-refractivity contribution is 5.44. The molecule has 3 heterocycles. The second-order valence-corrected chi connectivity index (χ2v) is 5.50. The molecule has 3 rings (SSSR count). The summed E-state index contributed by atoms with van der Waals surface area (Å²) in [5.74, 6) is 1.18. The molecule has 114 valence electrons. The van der Waals surface area contributed by atoms with Crippen molar-refractivity contribution in [2.24, 2.45) is 5.73 Å². The van der Waals surface area contributed by atoms with Crippen molar-refractivity contribution in [2.45, 2.75) is 12.6 Å². The van der Waals surface area contributed by atoms with Crippen LogP contribution in [0.5, 0.6) is 0 Å². The summed E-state index contributed by atoms with van der Waals surface area (Å²) in [6, 6.07) is 0.160. The van der Waals surface area contributed by atoms with E-state index < -0.39 is 0 Å². The van der Waals surface area contributed by atoms with E-state index in [9.17, 15) is 0 Å². The van der Waals surface area contributed by atoms with E-state index >= 15 is 0 Å². The number of hydrogen-bond acceptors (Lipinski definition) is 7. The molecule has 0 amide bonds. The van der Waals surface area contributed by atoms with E-state index in [4.69, 9.17) is 10.3 Å². The molecule has 2 N–H and O–H groups in total. The quantitative estimate of drug-likeness (QED) is 0.835. The molecule has 0 spiro atoms. The average molecular weight is 291 g/mol. The van der Waals surface area contributed by atoms with E-state index in [-0.39, 0.29) is 6.04 Å². The summed E-state index contributed by atoms with van der Waals surface area (Å²) in [5, 5.41) is 4.13. The molecule has 2 aromatic heterocycles. The molecule has 1 aliphatic rings. The fourth-order valence-corrected chi connectivity index (χ4v) is 2.51. The molecule has 1 atom stereocenters. The number of aromatic nitrogens is 4. The molecule has 1 unspecified atom stereocenters. The van der Waals surface area contributed by atoms with Crippen LogP contribution in [0.25, 0.3) is 11.6 Å². The molecule has 0 bridgehead atoms. The minimum absolute atomic E-state index is 0.160. The van der Waals surface area contributed by atoms with Crippen molar-refractivity contribution in [3.8, 4) is 11.6 Å². The van der Waals surface area contributed by atoms with Gasteiger partial charge in [-0.05, 0) is 14.1 Å². The van der Waals surface area contributed by atoms with Gasteiger partial charge in [-0.15, -0.1) is 0 Å². The summed E-state index contributed by atoms with van der Waals surface area (Å²) in [4.78, 5) is 13.3. The van der Waals surface area contributed by atoms with Crippen molar-refractivity contribution < 1.29 is 4.52 Å². The third-order valence-electron chi connectivity index (χ3n) is 3.83. The van der Waals surface area contributed by atoms with Gasteiger partial charge in [0, 0.05) is 38.9 Å². The fourth-order valence-electron chi connectivity index (χ4n) is 2.51. The van der Waals surface area contributed by atoms with Gasteiger partial charge in [-0.25, -0.2) is 4.98 Å². The monoisotopic (exact) mass is 291 g/mol. The minimum Gasteiger partial charge on any atom is -0.335 e. The van der Waals surface area contributed by atoms with Crippen molar-refractivity contribution in [3.05, 3.63) is 18.3 Å². The maximum Gasteiger partial charge on any atom is 0.278 e. The van der Waals surface area contributed by atoms with Gasteiger partial charge in [0.25, 0.3) is 5.89 Å². The van der Waals surface area contributed by atoms with E-state index in [0.29, 0.717) is 24.0 Å². The van der Waals surface area contributed by atoms with E-state index in [1.807, 2.05) is 10.8 Å². The van der Waals surface area contributed by atoms with Crippen LogP contribution in [0.3, 0.4) is 0 Å². The highest BCUT2D eigenvalue weighted by Crippen LogP contribution is 2.23. The van der Waals surface area contributed by atoms with Gasteiger partial charge in [0.05, 0.1) is 12.4 Å². The Morgan fingerprint density at radius 3 is 3.05 bits per heavy atom. The van der Waals surface area contributed by atoms with Gasteiger partial charge in [0.1, 0.15) is 5.69 Å². The van der Waals surface area contributed by atoms with Crippen LogP contribution >= 0.6 is 0 Å². The Hall–Kier alpha value is -1.77. The summed E-state index contributed by atoms with van der Waals surface area (Å²) >= 11 is 0. The number of nitrogens with two attached hydrogens (primary N) is 1. The highest BCUT2D eigenvalue weighted by atomic mass is 16.5. The van der Waals surface area contributed by atoms with Crippen LogP contribution in [0.1, 0.15) is 11.9 Å². The molecule has 0 radical (unpaired) electrons. The van der Waals surface area contributed by atoms with Gasteiger partial charge < -0.3 is 19.7 Å². The van der Waals surface area contributed by atoms with Crippen LogP contribution in [0.15, 0.2) is 17.0 Å². The summed E-state index contributed by atoms with van der Waals surface area (Å²) in [5.41, 5.74) is 6.22. The molecule has 1 saturated heterocycles. The Balaban J connectivity index is 1.78. The number of likely N-dealkylation sites (N-methyl/N-ethyl adjacent to an activating group) is 2. The third-order valence-corrected chi connectivity index (χ3v) is 3.83. The molecular weight excluding hydrogens is 270 g/mol. The summed E-state index contributed by atoms with van der Waals surface area (Å²) in [6.07, 6.45) is 3.60. The zero-order chi connectivity index (χ0) is 14.8. The largest absolute Gasteiger partial charge is 0.335 e. The molecule has 0 aromatic carbocycles. The van der Waals surface area contributed by atoms with E-state index in [1.54, 1.807) is 6.33 Å². The first-order valence-corrected chi connectivity index (χ1v) is 7.12. The highest BCUT2D eigenvalue weighted by Gasteiger charge is 2.28. The first kappa shape index (κ1) is 14.2. The van der Waals surface area contributed by atoms with E-state index in [1.165, 1.54) is 0 Å². The zero-order valence-corrected chi connectivity index (χ0v) is 12.4. The Morgan fingerprint density at radius 1 is 1.38 bits per heavy atom. The predicted molar refractivity (Wildman–Crippen MR) is 77.4 cm³/mol. The van der Waals surface area contributed by atoms with Crippen LogP contribution in [0, 0.1) is 0 Å². The van der Waals surface area contributed by atoms with Crippen molar-refractivity contribution in [1.82, 2.24) is 29.5 Å². The van der Waals surface area contributed by atoms with Crippen molar-refractivity contribution in [3.63, 3.8) is 0 Å². The van der Waals surface area contributed by atoms with E-state index in [2.05, 4.69) is 39.0 Å². The molecule has 0 saturated carbocycles. The number of rotatable bonds is 4. The zero-order valence-electron chi connectivity index (χ0n) is 12.4. The lowest BCUT2D eigenvalue weighted by Crippen LogP contribution is -2.45. The lowest BCUT2D eigenvalue weighted by molar-refractivity contribution is 0.108. The molecule has 8 nitrogen and oxygen atoms in total. The van der Waals surface area contributed by atoms with Crippen LogP contribution in [-0.4, -0.2) is 69.8 Å². The average Bonchev–Trinajstić information content (AvgIpc) is 3.10. The van der Waals surface area contributed by atoms with Crippen molar-refractivity contribution >= 4 is 0 Å². The van der Waals surface area contributed by atoms with Gasteiger partial charge in [0.2, 0.25) is 0 Å². The number of piperazine rings is 1. The molecule has 2 aromatic rings. The second kappa shape index (κ2) is 5.92. The third kappa shape index (κ3) is 2.97.